The van der Waals surface area contributed by atoms with Gasteiger partial charge in [0.05, 0.1) is 11.3 Å². The second-order valence-electron chi connectivity index (χ2n) is 4.40. The summed E-state index contributed by atoms with van der Waals surface area (Å²) in [4.78, 5) is 11.9. The maximum absolute atomic E-state index is 10.8. The van der Waals surface area contributed by atoms with E-state index in [1.165, 1.54) is 17.0 Å². The van der Waals surface area contributed by atoms with Crippen LogP contribution < -0.4 is 0 Å². The standard InChI is InChI=1S/C16H12O3S/c17-16(18)13-7-14(19-9-13)10-20-15-6-5-11-3-1-2-4-12(11)8-15/h1-9H,10H2,(H,17,18). The van der Waals surface area contributed by atoms with E-state index in [4.69, 9.17) is 9.52 Å². The van der Waals surface area contributed by atoms with E-state index in [2.05, 4.69) is 30.3 Å². The summed E-state index contributed by atoms with van der Waals surface area (Å²) in [5, 5.41) is 11.2. The average Bonchev–Trinajstić information content (AvgIpc) is 2.94. The summed E-state index contributed by atoms with van der Waals surface area (Å²) in [5.74, 6) is 0.322. The summed E-state index contributed by atoms with van der Waals surface area (Å²) >= 11 is 1.63. The van der Waals surface area contributed by atoms with Crippen molar-refractivity contribution in [3.05, 3.63) is 66.1 Å². The highest BCUT2D eigenvalue weighted by atomic mass is 32.2. The van der Waals surface area contributed by atoms with E-state index in [1.807, 2.05) is 12.1 Å². The summed E-state index contributed by atoms with van der Waals surface area (Å²) in [5.41, 5.74) is 0.194. The van der Waals surface area contributed by atoms with Gasteiger partial charge in [0.1, 0.15) is 12.0 Å². The lowest BCUT2D eigenvalue weighted by Gasteiger charge is -2.02. The smallest absolute Gasteiger partial charge is 0.338 e. The lowest BCUT2D eigenvalue weighted by atomic mass is 10.1. The molecule has 0 aliphatic carbocycles. The van der Waals surface area contributed by atoms with Crippen molar-refractivity contribution in [2.45, 2.75) is 10.6 Å². The monoisotopic (exact) mass is 284 g/mol. The van der Waals surface area contributed by atoms with Gasteiger partial charge in [-0.3, -0.25) is 0 Å². The van der Waals surface area contributed by atoms with Crippen LogP contribution in [0.2, 0.25) is 0 Å². The van der Waals surface area contributed by atoms with E-state index in [0.29, 0.717) is 11.5 Å². The van der Waals surface area contributed by atoms with Crippen LogP contribution in [0.25, 0.3) is 10.8 Å². The molecule has 20 heavy (non-hydrogen) atoms. The zero-order valence-electron chi connectivity index (χ0n) is 10.6. The van der Waals surface area contributed by atoms with Crippen LogP contribution in [-0.4, -0.2) is 11.1 Å². The number of carboxylic acid groups (broad SMARTS) is 1. The van der Waals surface area contributed by atoms with Gasteiger partial charge in [-0.25, -0.2) is 4.79 Å². The molecule has 1 N–H and O–H groups in total. The first kappa shape index (κ1) is 12.8. The van der Waals surface area contributed by atoms with Crippen LogP contribution in [0.5, 0.6) is 0 Å². The maximum Gasteiger partial charge on any atom is 0.338 e. The van der Waals surface area contributed by atoms with E-state index < -0.39 is 5.97 Å². The molecule has 0 spiro atoms. The molecule has 0 radical (unpaired) electrons. The second-order valence-corrected chi connectivity index (χ2v) is 5.45. The van der Waals surface area contributed by atoms with Gasteiger partial charge in [0, 0.05) is 4.90 Å². The Hall–Kier alpha value is -2.20. The van der Waals surface area contributed by atoms with Gasteiger partial charge < -0.3 is 9.52 Å². The Morgan fingerprint density at radius 2 is 1.90 bits per heavy atom. The minimum atomic E-state index is -0.962. The molecule has 0 aliphatic heterocycles. The van der Waals surface area contributed by atoms with Crippen molar-refractivity contribution in [3.63, 3.8) is 0 Å². The third-order valence-corrected chi connectivity index (χ3v) is 4.02. The highest BCUT2D eigenvalue weighted by molar-refractivity contribution is 7.98. The molecule has 0 saturated heterocycles. The quantitative estimate of drug-likeness (QED) is 0.720. The topological polar surface area (TPSA) is 50.4 Å². The number of furan rings is 1. The molecule has 0 saturated carbocycles. The normalized spacial score (nSPS) is 10.8. The number of hydrogen-bond donors (Lipinski definition) is 1. The summed E-state index contributed by atoms with van der Waals surface area (Å²) in [7, 11) is 0. The van der Waals surface area contributed by atoms with E-state index >= 15 is 0 Å². The minimum Gasteiger partial charge on any atom is -0.478 e. The molecule has 0 fully saturated rings. The molecule has 0 bridgehead atoms. The van der Waals surface area contributed by atoms with E-state index in [9.17, 15) is 4.79 Å². The summed E-state index contributed by atoms with van der Waals surface area (Å²) in [6.45, 7) is 0. The fourth-order valence-corrected chi connectivity index (χ4v) is 2.82. The van der Waals surface area contributed by atoms with Gasteiger partial charge in [0.15, 0.2) is 0 Å². The Bertz CT molecular complexity index is 761. The van der Waals surface area contributed by atoms with Crippen molar-refractivity contribution in [1.29, 1.82) is 0 Å². The van der Waals surface area contributed by atoms with Crippen LogP contribution in [0.1, 0.15) is 16.1 Å². The molecule has 3 rings (SSSR count). The Labute approximate surface area is 120 Å². The Balaban J connectivity index is 1.74. The van der Waals surface area contributed by atoms with Crippen molar-refractivity contribution in [2.24, 2.45) is 0 Å². The predicted octanol–water partition coefficient (Wildman–Crippen LogP) is 4.42. The fourth-order valence-electron chi connectivity index (χ4n) is 1.98. The zero-order chi connectivity index (χ0) is 13.9. The fraction of sp³-hybridized carbons (Fsp3) is 0.0625. The largest absolute Gasteiger partial charge is 0.478 e. The van der Waals surface area contributed by atoms with Crippen LogP contribution in [0.15, 0.2) is 64.1 Å². The zero-order valence-corrected chi connectivity index (χ0v) is 11.4. The third-order valence-electron chi connectivity index (χ3n) is 3.00. The first-order chi connectivity index (χ1) is 9.72. The molecule has 1 heterocycles. The van der Waals surface area contributed by atoms with Crippen molar-refractivity contribution in [1.82, 2.24) is 0 Å². The first-order valence-electron chi connectivity index (χ1n) is 6.15. The van der Waals surface area contributed by atoms with Crippen molar-refractivity contribution >= 4 is 28.5 Å². The highest BCUT2D eigenvalue weighted by Gasteiger charge is 2.08. The van der Waals surface area contributed by atoms with Crippen LogP contribution in [0.4, 0.5) is 0 Å². The molecule has 3 aromatic rings. The molecule has 3 nitrogen and oxygen atoms in total. The van der Waals surface area contributed by atoms with E-state index in [0.717, 1.165) is 4.90 Å². The van der Waals surface area contributed by atoms with Crippen LogP contribution in [-0.2, 0) is 5.75 Å². The number of carboxylic acids is 1. The molecular weight excluding hydrogens is 272 g/mol. The van der Waals surface area contributed by atoms with Crippen molar-refractivity contribution < 1.29 is 14.3 Å². The number of carbonyl (C=O) groups is 1. The lowest BCUT2D eigenvalue weighted by molar-refractivity contribution is 0.0696. The SMILES string of the molecule is O=C(O)c1coc(CSc2ccc3ccccc3c2)c1. The summed E-state index contributed by atoms with van der Waals surface area (Å²) in [6, 6.07) is 16.0. The van der Waals surface area contributed by atoms with Crippen LogP contribution in [0, 0.1) is 0 Å². The Morgan fingerprint density at radius 1 is 1.10 bits per heavy atom. The van der Waals surface area contributed by atoms with Crippen LogP contribution >= 0.6 is 11.8 Å². The predicted molar refractivity (Wildman–Crippen MR) is 79.2 cm³/mol. The third kappa shape index (κ3) is 2.70. The Morgan fingerprint density at radius 3 is 2.65 bits per heavy atom. The molecule has 100 valence electrons. The second kappa shape index (κ2) is 5.43. The van der Waals surface area contributed by atoms with E-state index in [1.54, 1.807) is 17.8 Å². The van der Waals surface area contributed by atoms with Crippen LogP contribution in [0.3, 0.4) is 0 Å². The molecule has 0 atom stereocenters. The van der Waals surface area contributed by atoms with Gasteiger partial charge in [-0.1, -0.05) is 30.3 Å². The Kier molecular flexibility index (Phi) is 3.48. The molecule has 0 aliphatic rings. The van der Waals surface area contributed by atoms with Crippen molar-refractivity contribution in [3.8, 4) is 0 Å². The number of fused-ring (bicyclic) bond motifs is 1. The minimum absolute atomic E-state index is 0.194. The molecule has 4 heteroatoms. The summed E-state index contributed by atoms with van der Waals surface area (Å²) < 4.78 is 5.23. The maximum atomic E-state index is 10.8. The molecule has 2 aromatic carbocycles. The van der Waals surface area contributed by atoms with E-state index in [-0.39, 0.29) is 5.56 Å². The number of hydrogen-bond acceptors (Lipinski definition) is 3. The van der Waals surface area contributed by atoms with Gasteiger partial charge in [0.25, 0.3) is 0 Å². The molecule has 0 unspecified atom stereocenters. The van der Waals surface area contributed by atoms with Gasteiger partial charge in [-0.05, 0) is 29.0 Å². The van der Waals surface area contributed by atoms with Gasteiger partial charge in [-0.2, -0.15) is 0 Å². The van der Waals surface area contributed by atoms with Crippen molar-refractivity contribution in [2.75, 3.05) is 0 Å². The number of rotatable bonds is 4. The lowest BCUT2D eigenvalue weighted by Crippen LogP contribution is -1.91. The first-order valence-corrected chi connectivity index (χ1v) is 7.13. The van der Waals surface area contributed by atoms with Gasteiger partial charge in [-0.15, -0.1) is 11.8 Å². The number of benzene rings is 2. The van der Waals surface area contributed by atoms with Gasteiger partial charge >= 0.3 is 5.97 Å². The average molecular weight is 284 g/mol. The molecular formula is C16H12O3S. The molecule has 0 amide bonds. The summed E-state index contributed by atoms with van der Waals surface area (Å²) in [6.07, 6.45) is 1.28. The number of thioether (sulfide) groups is 1. The highest BCUT2D eigenvalue weighted by Crippen LogP contribution is 2.27. The molecule has 1 aromatic heterocycles. The van der Waals surface area contributed by atoms with Gasteiger partial charge in [0.2, 0.25) is 0 Å². The number of aromatic carboxylic acids is 1.